The monoisotopic (exact) mass is 226 g/mol. The van der Waals surface area contributed by atoms with Crippen molar-refractivity contribution in [2.24, 2.45) is 0 Å². The van der Waals surface area contributed by atoms with E-state index in [4.69, 9.17) is 0 Å². The molecule has 0 N–H and O–H groups in total. The van der Waals surface area contributed by atoms with Gasteiger partial charge in [0.25, 0.3) is 0 Å². The number of hydrogen-bond acceptors (Lipinski definition) is 3. The van der Waals surface area contributed by atoms with Crippen LogP contribution in [0.3, 0.4) is 0 Å². The Kier molecular flexibility index (Phi) is 2.18. The van der Waals surface area contributed by atoms with Crippen LogP contribution in [0.15, 0.2) is 42.7 Å². The third-order valence-electron chi connectivity index (χ3n) is 2.46. The Morgan fingerprint density at radius 3 is 2.75 bits per heavy atom. The van der Waals surface area contributed by atoms with Crippen molar-refractivity contribution < 1.29 is 0 Å². The Balaban J connectivity index is 2.18. The third-order valence-corrected chi connectivity index (χ3v) is 3.42. The van der Waals surface area contributed by atoms with Gasteiger partial charge in [-0.05, 0) is 19.1 Å². The van der Waals surface area contributed by atoms with Gasteiger partial charge in [-0.2, -0.15) is 0 Å². The number of rotatable bonds is 1. The lowest BCUT2D eigenvalue weighted by molar-refractivity contribution is 1.35. The van der Waals surface area contributed by atoms with Crippen LogP contribution in [-0.2, 0) is 0 Å². The maximum atomic E-state index is 4.43. The highest BCUT2D eigenvalue weighted by Gasteiger charge is 2.03. The molecule has 0 fully saturated rings. The fraction of sp³-hybridized carbons (Fsp3) is 0.0769. The molecule has 0 bridgehead atoms. The zero-order chi connectivity index (χ0) is 11.0. The summed E-state index contributed by atoms with van der Waals surface area (Å²) in [5.41, 5.74) is 2.12. The molecule has 0 aliphatic heterocycles. The van der Waals surface area contributed by atoms with Crippen molar-refractivity contribution in [1.29, 1.82) is 0 Å². The lowest BCUT2D eigenvalue weighted by Gasteiger charge is -1.99. The highest BCUT2D eigenvalue weighted by molar-refractivity contribution is 7.14. The van der Waals surface area contributed by atoms with Crippen LogP contribution in [0.2, 0.25) is 0 Å². The number of pyridine rings is 1. The lowest BCUT2D eigenvalue weighted by Crippen LogP contribution is -1.81. The number of hydrogen-bond donors (Lipinski definition) is 0. The van der Waals surface area contributed by atoms with Gasteiger partial charge in [-0.25, -0.2) is 4.98 Å². The Hall–Kier alpha value is -1.74. The number of fused-ring (bicyclic) bond motifs is 1. The van der Waals surface area contributed by atoms with Gasteiger partial charge in [-0.3, -0.25) is 4.98 Å². The minimum absolute atomic E-state index is 1.03. The summed E-state index contributed by atoms with van der Waals surface area (Å²) >= 11 is 1.70. The number of aryl methyl sites for hydroxylation is 1. The predicted octanol–water partition coefficient (Wildman–Crippen LogP) is 3.67. The molecule has 2 heterocycles. The smallest absolute Gasteiger partial charge is 0.125 e. The molecule has 2 aromatic heterocycles. The first-order valence-corrected chi connectivity index (χ1v) is 5.92. The second kappa shape index (κ2) is 3.68. The van der Waals surface area contributed by atoms with E-state index in [1.165, 1.54) is 4.88 Å². The van der Waals surface area contributed by atoms with Gasteiger partial charge in [0.1, 0.15) is 5.01 Å². The van der Waals surface area contributed by atoms with E-state index >= 15 is 0 Å². The van der Waals surface area contributed by atoms with E-state index in [1.54, 1.807) is 11.3 Å². The number of nitrogens with zero attached hydrogens (tertiary/aromatic N) is 2. The predicted molar refractivity (Wildman–Crippen MR) is 67.6 cm³/mol. The Labute approximate surface area is 97.6 Å². The fourth-order valence-electron chi connectivity index (χ4n) is 1.68. The van der Waals surface area contributed by atoms with Crippen LogP contribution in [0.25, 0.3) is 21.5 Å². The van der Waals surface area contributed by atoms with Gasteiger partial charge >= 0.3 is 0 Å². The average Bonchev–Trinajstić information content (AvgIpc) is 2.75. The van der Waals surface area contributed by atoms with Crippen molar-refractivity contribution in [1.82, 2.24) is 9.97 Å². The van der Waals surface area contributed by atoms with E-state index in [2.05, 4.69) is 29.0 Å². The van der Waals surface area contributed by atoms with Crippen molar-refractivity contribution in [2.75, 3.05) is 0 Å². The molecule has 0 spiro atoms. The summed E-state index contributed by atoms with van der Waals surface area (Å²) < 4.78 is 0. The van der Waals surface area contributed by atoms with E-state index < -0.39 is 0 Å². The van der Waals surface area contributed by atoms with Crippen LogP contribution in [0.1, 0.15) is 4.88 Å². The quantitative estimate of drug-likeness (QED) is 0.632. The molecule has 0 saturated carbocycles. The largest absolute Gasteiger partial charge is 0.256 e. The minimum atomic E-state index is 1.03. The topological polar surface area (TPSA) is 25.8 Å². The molecule has 0 aliphatic carbocycles. The average molecular weight is 226 g/mol. The van der Waals surface area contributed by atoms with E-state index in [0.29, 0.717) is 0 Å². The van der Waals surface area contributed by atoms with Crippen molar-refractivity contribution in [2.45, 2.75) is 6.92 Å². The van der Waals surface area contributed by atoms with E-state index in [0.717, 1.165) is 21.5 Å². The van der Waals surface area contributed by atoms with Crippen LogP contribution in [-0.4, -0.2) is 9.97 Å². The highest BCUT2D eigenvalue weighted by atomic mass is 32.1. The number of benzene rings is 1. The zero-order valence-electron chi connectivity index (χ0n) is 8.84. The third kappa shape index (κ3) is 1.59. The molecule has 3 heteroatoms. The normalized spacial score (nSPS) is 10.8. The Morgan fingerprint density at radius 2 is 1.94 bits per heavy atom. The molecule has 2 nitrogen and oxygen atoms in total. The molecule has 3 rings (SSSR count). The van der Waals surface area contributed by atoms with Gasteiger partial charge in [-0.1, -0.05) is 18.2 Å². The summed E-state index contributed by atoms with van der Waals surface area (Å²) in [6.07, 6.45) is 3.79. The summed E-state index contributed by atoms with van der Waals surface area (Å²) in [5, 5.41) is 2.20. The number of aromatic nitrogens is 2. The number of para-hydroxylation sites is 1. The van der Waals surface area contributed by atoms with E-state index in [9.17, 15) is 0 Å². The van der Waals surface area contributed by atoms with Crippen molar-refractivity contribution in [3.05, 3.63) is 47.6 Å². The molecule has 3 aromatic rings. The summed E-state index contributed by atoms with van der Waals surface area (Å²) in [6, 6.07) is 10.3. The van der Waals surface area contributed by atoms with Crippen molar-refractivity contribution in [3.63, 3.8) is 0 Å². The van der Waals surface area contributed by atoms with Gasteiger partial charge in [0.05, 0.1) is 5.52 Å². The van der Waals surface area contributed by atoms with Gasteiger partial charge in [0.15, 0.2) is 0 Å². The first kappa shape index (κ1) is 9.48. The van der Waals surface area contributed by atoms with Gasteiger partial charge in [0.2, 0.25) is 0 Å². The Bertz CT molecular complexity index is 643. The minimum Gasteiger partial charge on any atom is -0.256 e. The number of thiazole rings is 1. The van der Waals surface area contributed by atoms with Gasteiger partial charge in [-0.15, -0.1) is 11.3 Å². The highest BCUT2D eigenvalue weighted by Crippen LogP contribution is 2.26. The lowest BCUT2D eigenvalue weighted by atomic mass is 10.2. The summed E-state index contributed by atoms with van der Waals surface area (Å²) in [4.78, 5) is 10.0. The maximum Gasteiger partial charge on any atom is 0.125 e. The second-order valence-electron chi connectivity index (χ2n) is 3.69. The molecule has 0 atom stereocenters. The van der Waals surface area contributed by atoms with Crippen LogP contribution >= 0.6 is 11.3 Å². The summed E-state index contributed by atoms with van der Waals surface area (Å²) in [6.45, 7) is 2.07. The fourth-order valence-corrected chi connectivity index (χ4v) is 2.42. The first-order chi connectivity index (χ1) is 7.83. The summed E-state index contributed by atoms with van der Waals surface area (Å²) in [7, 11) is 0. The zero-order valence-corrected chi connectivity index (χ0v) is 9.66. The van der Waals surface area contributed by atoms with Gasteiger partial charge < -0.3 is 0 Å². The first-order valence-electron chi connectivity index (χ1n) is 5.10. The second-order valence-corrected chi connectivity index (χ2v) is 4.93. The Morgan fingerprint density at radius 1 is 1.06 bits per heavy atom. The molecule has 16 heavy (non-hydrogen) atoms. The van der Waals surface area contributed by atoms with Crippen LogP contribution in [0.4, 0.5) is 0 Å². The standard InChI is InChI=1S/C13H10N2S/c1-9-7-15-13(16-9)11-6-10-4-2-3-5-12(10)14-8-11/h2-8H,1H3. The van der Waals surface area contributed by atoms with Gasteiger partial charge in [0, 0.05) is 28.2 Å². The molecular formula is C13H10N2S. The molecule has 78 valence electrons. The maximum absolute atomic E-state index is 4.43. The van der Waals surface area contributed by atoms with Crippen LogP contribution < -0.4 is 0 Å². The summed E-state index contributed by atoms with van der Waals surface area (Å²) in [5.74, 6) is 0. The van der Waals surface area contributed by atoms with E-state index in [1.807, 2.05) is 30.6 Å². The SMILES string of the molecule is Cc1cnc(-c2cnc3ccccc3c2)s1. The molecule has 0 aliphatic rings. The van der Waals surface area contributed by atoms with Crippen LogP contribution in [0, 0.1) is 6.92 Å². The molecule has 1 aromatic carbocycles. The molecule has 0 amide bonds. The molecule has 0 saturated heterocycles. The van der Waals surface area contributed by atoms with Crippen LogP contribution in [0.5, 0.6) is 0 Å². The molecule has 0 unspecified atom stereocenters. The van der Waals surface area contributed by atoms with Crippen molar-refractivity contribution >= 4 is 22.2 Å². The molecular weight excluding hydrogens is 216 g/mol. The van der Waals surface area contributed by atoms with Crippen molar-refractivity contribution in [3.8, 4) is 10.6 Å². The van der Waals surface area contributed by atoms with E-state index in [-0.39, 0.29) is 0 Å². The molecule has 0 radical (unpaired) electrons.